The Morgan fingerprint density at radius 3 is 2.22 bits per heavy atom. The van der Waals surface area contributed by atoms with Gasteiger partial charge in [0.2, 0.25) is 16.6 Å². The Kier molecular flexibility index (Phi) is 8.14. The van der Waals surface area contributed by atoms with Crippen LogP contribution in [0.25, 0.3) is 0 Å². The van der Waals surface area contributed by atoms with Crippen molar-refractivity contribution in [2.45, 2.75) is 105 Å². The largest absolute Gasteiger partial charge is 0.519 e. The third kappa shape index (κ3) is 6.46. The average molecular weight is 479 g/mol. The van der Waals surface area contributed by atoms with Crippen molar-refractivity contribution in [1.29, 1.82) is 0 Å². The van der Waals surface area contributed by atoms with Crippen LogP contribution in [0, 0.1) is 22.7 Å². The lowest BCUT2D eigenvalue weighted by Crippen LogP contribution is -2.54. The standard InChI is InChI=1S/C26H46O4Si2/c1-19(18-23(27)29-31(5,6)7)12-14-21-20(2)13-15-22-25(21,3)16-11-17-26(22,4)24(28)30-32(8,9)10/h18,21-22H,2,11-17H2,1,3-10H3/b19-18-. The molecule has 4 unspecified atom stereocenters. The summed E-state index contributed by atoms with van der Waals surface area (Å²) >= 11 is 0. The number of hydrogen-bond acceptors (Lipinski definition) is 4. The van der Waals surface area contributed by atoms with Crippen molar-refractivity contribution in [2.75, 3.05) is 0 Å². The molecule has 0 bridgehead atoms. The maximum absolute atomic E-state index is 13.4. The summed E-state index contributed by atoms with van der Waals surface area (Å²) in [6, 6.07) is 0. The van der Waals surface area contributed by atoms with E-state index in [4.69, 9.17) is 8.85 Å². The highest BCUT2D eigenvalue weighted by molar-refractivity contribution is 6.71. The van der Waals surface area contributed by atoms with E-state index in [0.29, 0.717) is 11.8 Å². The quantitative estimate of drug-likeness (QED) is 0.220. The van der Waals surface area contributed by atoms with Gasteiger partial charge < -0.3 is 8.85 Å². The molecule has 4 nitrogen and oxygen atoms in total. The molecule has 0 radical (unpaired) electrons. The molecule has 0 aromatic rings. The molecule has 6 heteroatoms. The molecule has 2 aliphatic carbocycles. The molecule has 0 spiro atoms. The van der Waals surface area contributed by atoms with Crippen LogP contribution >= 0.6 is 0 Å². The zero-order chi connectivity index (χ0) is 24.5. The van der Waals surface area contributed by atoms with Crippen LogP contribution in [-0.4, -0.2) is 28.6 Å². The van der Waals surface area contributed by atoms with Gasteiger partial charge in [-0.1, -0.05) is 31.1 Å². The van der Waals surface area contributed by atoms with Crippen LogP contribution in [0.4, 0.5) is 0 Å². The zero-order valence-electron chi connectivity index (χ0n) is 22.0. The predicted octanol–water partition coefficient (Wildman–Crippen LogP) is 7.25. The van der Waals surface area contributed by atoms with E-state index in [2.05, 4.69) is 40.1 Å². The van der Waals surface area contributed by atoms with Crippen LogP contribution in [0.2, 0.25) is 39.3 Å². The Morgan fingerprint density at radius 2 is 1.66 bits per heavy atom. The zero-order valence-corrected chi connectivity index (χ0v) is 24.0. The van der Waals surface area contributed by atoms with Gasteiger partial charge in [-0.15, -0.1) is 0 Å². The van der Waals surface area contributed by atoms with E-state index in [1.54, 1.807) is 6.08 Å². The monoisotopic (exact) mass is 478 g/mol. The van der Waals surface area contributed by atoms with Crippen molar-refractivity contribution in [2.24, 2.45) is 22.7 Å². The minimum atomic E-state index is -1.94. The van der Waals surface area contributed by atoms with Crippen molar-refractivity contribution in [3.63, 3.8) is 0 Å². The van der Waals surface area contributed by atoms with Crippen LogP contribution in [0.3, 0.4) is 0 Å². The summed E-state index contributed by atoms with van der Waals surface area (Å²) in [6.07, 6.45) is 8.55. The van der Waals surface area contributed by atoms with Crippen molar-refractivity contribution in [3.05, 3.63) is 23.8 Å². The second-order valence-electron chi connectivity index (χ2n) is 12.6. The molecule has 32 heavy (non-hydrogen) atoms. The van der Waals surface area contributed by atoms with E-state index in [0.717, 1.165) is 50.5 Å². The smallest absolute Gasteiger partial charge is 0.317 e. The van der Waals surface area contributed by atoms with Gasteiger partial charge in [0.25, 0.3) is 5.97 Å². The number of carbonyl (C=O) groups is 2. The first-order valence-electron chi connectivity index (χ1n) is 12.3. The number of rotatable bonds is 7. The highest BCUT2D eigenvalue weighted by atomic mass is 28.4. The Bertz CT molecular complexity index is 774. The second kappa shape index (κ2) is 9.61. The third-order valence-corrected chi connectivity index (χ3v) is 9.09. The fourth-order valence-corrected chi connectivity index (χ4v) is 7.55. The molecule has 182 valence electrons. The molecule has 2 fully saturated rings. The highest BCUT2D eigenvalue weighted by Gasteiger charge is 2.58. The predicted molar refractivity (Wildman–Crippen MR) is 137 cm³/mol. The topological polar surface area (TPSA) is 52.6 Å². The summed E-state index contributed by atoms with van der Waals surface area (Å²) in [5, 5.41) is 0. The molecule has 2 aliphatic rings. The Hall–Kier alpha value is -1.15. The summed E-state index contributed by atoms with van der Waals surface area (Å²) < 4.78 is 11.6. The SMILES string of the molecule is C=C1CCC2C(C)(C(=O)O[Si](C)(C)C)CCCC2(C)C1CC/C(C)=C\C(=O)O[Si](C)(C)C. The lowest BCUT2D eigenvalue weighted by Gasteiger charge is -2.58. The first-order chi connectivity index (χ1) is 14.5. The Labute approximate surface area is 198 Å². The summed E-state index contributed by atoms with van der Waals surface area (Å²) in [4.78, 5) is 25.6. The van der Waals surface area contributed by atoms with Crippen LogP contribution < -0.4 is 0 Å². The Morgan fingerprint density at radius 1 is 1.06 bits per heavy atom. The van der Waals surface area contributed by atoms with Gasteiger partial charge in [0, 0.05) is 6.08 Å². The summed E-state index contributed by atoms with van der Waals surface area (Å²) in [5.74, 6) is 0.470. The van der Waals surface area contributed by atoms with Crippen molar-refractivity contribution < 1.29 is 18.4 Å². The molecule has 0 aromatic heterocycles. The van der Waals surface area contributed by atoms with Crippen LogP contribution in [0.15, 0.2) is 23.8 Å². The number of hydrogen-bond donors (Lipinski definition) is 0. The summed E-state index contributed by atoms with van der Waals surface area (Å²) in [7, 11) is -3.82. The van der Waals surface area contributed by atoms with Crippen LogP contribution in [-0.2, 0) is 18.4 Å². The number of fused-ring (bicyclic) bond motifs is 1. The lowest BCUT2D eigenvalue weighted by molar-refractivity contribution is -0.162. The highest BCUT2D eigenvalue weighted by Crippen LogP contribution is 2.62. The molecule has 0 saturated heterocycles. The number of allylic oxidation sites excluding steroid dienone is 2. The first-order valence-corrected chi connectivity index (χ1v) is 19.1. The van der Waals surface area contributed by atoms with Gasteiger partial charge in [-0.3, -0.25) is 4.79 Å². The third-order valence-electron chi connectivity index (χ3n) is 7.48. The molecular weight excluding hydrogens is 432 g/mol. The van der Waals surface area contributed by atoms with Crippen LogP contribution in [0.1, 0.15) is 65.7 Å². The van der Waals surface area contributed by atoms with Gasteiger partial charge in [0.1, 0.15) is 0 Å². The normalized spacial score (nSPS) is 31.7. The summed E-state index contributed by atoms with van der Waals surface area (Å²) in [5.41, 5.74) is 1.99. The molecule has 0 N–H and O–H groups in total. The maximum atomic E-state index is 13.4. The maximum Gasteiger partial charge on any atom is 0.317 e. The fraction of sp³-hybridized carbons (Fsp3) is 0.769. The molecule has 2 rings (SSSR count). The Balaban J connectivity index is 2.20. The van der Waals surface area contributed by atoms with E-state index in [-0.39, 0.29) is 17.4 Å². The molecule has 0 heterocycles. The van der Waals surface area contributed by atoms with Gasteiger partial charge in [0.05, 0.1) is 5.41 Å². The molecule has 0 amide bonds. The minimum Gasteiger partial charge on any atom is -0.519 e. The van der Waals surface area contributed by atoms with Crippen molar-refractivity contribution in [3.8, 4) is 0 Å². The van der Waals surface area contributed by atoms with Gasteiger partial charge in [0.15, 0.2) is 0 Å². The number of carbonyl (C=O) groups excluding carboxylic acids is 2. The van der Waals surface area contributed by atoms with Gasteiger partial charge in [-0.25, -0.2) is 4.79 Å². The first kappa shape index (κ1) is 27.1. The van der Waals surface area contributed by atoms with Gasteiger partial charge in [-0.05, 0) is 109 Å². The van der Waals surface area contributed by atoms with Crippen molar-refractivity contribution >= 4 is 28.6 Å². The lowest BCUT2D eigenvalue weighted by atomic mass is 9.46. The second-order valence-corrected chi connectivity index (χ2v) is 21.5. The van der Waals surface area contributed by atoms with Crippen molar-refractivity contribution in [1.82, 2.24) is 0 Å². The van der Waals surface area contributed by atoms with E-state index < -0.39 is 22.0 Å². The molecular formula is C26H46O4Si2. The minimum absolute atomic E-state index is 0.0176. The van der Waals surface area contributed by atoms with E-state index in [9.17, 15) is 9.59 Å². The molecule has 0 aliphatic heterocycles. The van der Waals surface area contributed by atoms with Crippen LogP contribution in [0.5, 0.6) is 0 Å². The average Bonchev–Trinajstić information content (AvgIpc) is 2.57. The van der Waals surface area contributed by atoms with E-state index >= 15 is 0 Å². The van der Waals surface area contributed by atoms with Gasteiger partial charge in [-0.2, -0.15) is 0 Å². The molecule has 4 atom stereocenters. The van der Waals surface area contributed by atoms with Gasteiger partial charge >= 0.3 is 5.97 Å². The molecule has 2 saturated carbocycles. The fourth-order valence-electron chi connectivity index (χ4n) is 6.10. The summed E-state index contributed by atoms with van der Waals surface area (Å²) in [6.45, 7) is 23.3. The van der Waals surface area contributed by atoms with E-state index in [1.807, 2.05) is 26.6 Å². The van der Waals surface area contributed by atoms with E-state index in [1.165, 1.54) is 5.57 Å². The molecule has 0 aromatic carbocycles.